The van der Waals surface area contributed by atoms with Crippen molar-refractivity contribution in [3.63, 3.8) is 0 Å². The van der Waals surface area contributed by atoms with Crippen LogP contribution < -0.4 is 5.73 Å². The minimum atomic E-state index is -0.506. The first kappa shape index (κ1) is 22.3. The molecule has 0 radical (unpaired) electrons. The number of nitrogens with two attached hydrogens (primary N) is 1. The summed E-state index contributed by atoms with van der Waals surface area (Å²) >= 11 is 12.7. The van der Waals surface area contributed by atoms with E-state index >= 15 is 0 Å². The van der Waals surface area contributed by atoms with Gasteiger partial charge in [-0.05, 0) is 53.8 Å². The van der Waals surface area contributed by atoms with Crippen molar-refractivity contribution >= 4 is 41.0 Å². The van der Waals surface area contributed by atoms with Gasteiger partial charge in [-0.25, -0.2) is 0 Å². The number of hydrogen-bond donors (Lipinski definition) is 1. The van der Waals surface area contributed by atoms with E-state index in [-0.39, 0.29) is 23.3 Å². The Morgan fingerprint density at radius 1 is 1.16 bits per heavy atom. The zero-order valence-electron chi connectivity index (χ0n) is 18.4. The van der Waals surface area contributed by atoms with Crippen LogP contribution in [0.1, 0.15) is 51.2 Å². The molecule has 0 saturated carbocycles. The van der Waals surface area contributed by atoms with Crippen LogP contribution in [0.4, 0.5) is 5.69 Å². The molecule has 1 spiro atoms. The molecular formula is C25H29Cl2N3O. The summed E-state index contributed by atoms with van der Waals surface area (Å²) in [5, 5.41) is 1.29. The maximum Gasteiger partial charge on any atom is 0.235 e. The molecule has 4 atom stereocenters. The van der Waals surface area contributed by atoms with Crippen molar-refractivity contribution < 1.29 is 4.79 Å². The first-order valence-electron chi connectivity index (χ1n) is 10.7. The second-order valence-electron chi connectivity index (χ2n) is 9.84. The molecule has 164 valence electrons. The van der Waals surface area contributed by atoms with E-state index in [1.807, 2.05) is 42.6 Å². The number of likely N-dealkylation sites (N-methyl/N-ethyl adjacent to an activating group) is 1. The Bertz CT molecular complexity index is 1050. The van der Waals surface area contributed by atoms with Gasteiger partial charge < -0.3 is 5.73 Å². The third-order valence-corrected chi connectivity index (χ3v) is 7.12. The van der Waals surface area contributed by atoms with Crippen LogP contribution in [0, 0.1) is 5.41 Å². The highest BCUT2D eigenvalue weighted by molar-refractivity contribution is 6.31. The highest BCUT2D eigenvalue weighted by Crippen LogP contribution is 2.58. The number of aliphatic imine (C=N–C) groups is 1. The van der Waals surface area contributed by atoms with Crippen LogP contribution in [0.5, 0.6) is 0 Å². The van der Waals surface area contributed by atoms with Crippen molar-refractivity contribution in [1.29, 1.82) is 0 Å². The minimum Gasteiger partial charge on any atom is -0.368 e. The maximum absolute atomic E-state index is 12.9. The number of amides is 1. The largest absolute Gasteiger partial charge is 0.368 e. The summed E-state index contributed by atoms with van der Waals surface area (Å²) in [7, 11) is 0. The molecule has 2 aromatic carbocycles. The van der Waals surface area contributed by atoms with E-state index in [1.54, 1.807) is 0 Å². The van der Waals surface area contributed by atoms with Gasteiger partial charge in [-0.1, -0.05) is 69.1 Å². The molecule has 0 unspecified atom stereocenters. The van der Waals surface area contributed by atoms with E-state index in [1.165, 1.54) is 0 Å². The van der Waals surface area contributed by atoms with Crippen LogP contribution >= 0.6 is 23.2 Å². The lowest BCUT2D eigenvalue weighted by Crippen LogP contribution is -2.48. The molecule has 2 N–H and O–H groups in total. The van der Waals surface area contributed by atoms with Crippen LogP contribution in [0.15, 0.2) is 47.5 Å². The van der Waals surface area contributed by atoms with E-state index in [4.69, 9.17) is 33.9 Å². The molecular weight excluding hydrogens is 429 g/mol. The number of primary amides is 1. The fourth-order valence-corrected chi connectivity index (χ4v) is 6.00. The SMILES string of the molecule is CCN1[C@@H](CC(C)(C)C)[C@]2(C=Nc3cc(Cl)ccc32)[C@@H](c2cccc(Cl)c2)[C@@H]1C(N)=O. The summed E-state index contributed by atoms with van der Waals surface area (Å²) in [4.78, 5) is 20.0. The van der Waals surface area contributed by atoms with Crippen molar-refractivity contribution in [3.05, 3.63) is 63.6 Å². The van der Waals surface area contributed by atoms with E-state index in [9.17, 15) is 4.79 Å². The van der Waals surface area contributed by atoms with Gasteiger partial charge in [0.15, 0.2) is 0 Å². The molecule has 4 nitrogen and oxygen atoms in total. The molecule has 0 aliphatic carbocycles. The number of nitrogens with zero attached hydrogens (tertiary/aromatic N) is 2. The van der Waals surface area contributed by atoms with Gasteiger partial charge in [0.05, 0.1) is 17.1 Å². The third-order valence-electron chi connectivity index (χ3n) is 6.65. The molecule has 1 fully saturated rings. The Balaban J connectivity index is 2.03. The zero-order valence-corrected chi connectivity index (χ0v) is 19.9. The summed E-state index contributed by atoms with van der Waals surface area (Å²) in [6, 6.07) is 13.2. The van der Waals surface area contributed by atoms with Gasteiger partial charge in [-0.2, -0.15) is 0 Å². The summed E-state index contributed by atoms with van der Waals surface area (Å²) < 4.78 is 0. The van der Waals surface area contributed by atoms with Crippen molar-refractivity contribution in [3.8, 4) is 0 Å². The second-order valence-corrected chi connectivity index (χ2v) is 10.7. The van der Waals surface area contributed by atoms with Crippen LogP contribution in [0.25, 0.3) is 0 Å². The number of rotatable bonds is 4. The molecule has 0 aromatic heterocycles. The third kappa shape index (κ3) is 3.69. The van der Waals surface area contributed by atoms with Gasteiger partial charge in [0, 0.05) is 28.2 Å². The van der Waals surface area contributed by atoms with Gasteiger partial charge in [0.1, 0.15) is 0 Å². The number of likely N-dealkylation sites (tertiary alicyclic amines) is 1. The maximum atomic E-state index is 12.9. The molecule has 2 aromatic rings. The van der Waals surface area contributed by atoms with E-state index in [0.29, 0.717) is 16.6 Å². The molecule has 1 amide bonds. The second kappa shape index (κ2) is 7.91. The van der Waals surface area contributed by atoms with E-state index in [0.717, 1.165) is 23.2 Å². The number of carbonyl (C=O) groups excluding carboxylic acids is 1. The number of hydrogen-bond acceptors (Lipinski definition) is 3. The van der Waals surface area contributed by atoms with Crippen LogP contribution in [-0.4, -0.2) is 35.7 Å². The monoisotopic (exact) mass is 457 g/mol. The summed E-state index contributed by atoms with van der Waals surface area (Å²) in [5.74, 6) is -0.527. The lowest BCUT2D eigenvalue weighted by Gasteiger charge is -2.40. The van der Waals surface area contributed by atoms with Gasteiger partial charge in [-0.15, -0.1) is 0 Å². The Morgan fingerprint density at radius 2 is 1.87 bits per heavy atom. The lowest BCUT2D eigenvalue weighted by molar-refractivity contribution is -0.123. The molecule has 31 heavy (non-hydrogen) atoms. The first-order chi connectivity index (χ1) is 14.6. The highest BCUT2D eigenvalue weighted by atomic mass is 35.5. The van der Waals surface area contributed by atoms with Crippen molar-refractivity contribution in [1.82, 2.24) is 4.90 Å². The van der Waals surface area contributed by atoms with Gasteiger partial charge in [-0.3, -0.25) is 14.7 Å². The number of benzene rings is 2. The molecule has 4 rings (SSSR count). The Labute approximate surface area is 194 Å². The Hall–Kier alpha value is -1.88. The molecule has 2 aliphatic rings. The van der Waals surface area contributed by atoms with Crippen LogP contribution in [0.3, 0.4) is 0 Å². The number of carbonyl (C=O) groups is 1. The fourth-order valence-electron chi connectivity index (χ4n) is 5.63. The van der Waals surface area contributed by atoms with E-state index < -0.39 is 11.5 Å². The molecule has 2 heterocycles. The molecule has 6 heteroatoms. The quantitative estimate of drug-likeness (QED) is 0.637. The summed E-state index contributed by atoms with van der Waals surface area (Å²) in [5.41, 5.74) is 8.56. The lowest BCUT2D eigenvalue weighted by atomic mass is 9.63. The zero-order chi connectivity index (χ0) is 22.6. The van der Waals surface area contributed by atoms with Gasteiger partial charge >= 0.3 is 0 Å². The topological polar surface area (TPSA) is 58.7 Å². The predicted molar refractivity (Wildman–Crippen MR) is 129 cm³/mol. The summed E-state index contributed by atoms with van der Waals surface area (Å²) in [6.45, 7) is 9.50. The van der Waals surface area contributed by atoms with Crippen LogP contribution in [0.2, 0.25) is 10.0 Å². The molecule has 1 saturated heterocycles. The smallest absolute Gasteiger partial charge is 0.235 e. The van der Waals surface area contributed by atoms with Gasteiger partial charge in [0.2, 0.25) is 5.91 Å². The number of fused-ring (bicyclic) bond motifs is 2. The first-order valence-corrected chi connectivity index (χ1v) is 11.5. The van der Waals surface area contributed by atoms with Gasteiger partial charge in [0.25, 0.3) is 0 Å². The fraction of sp³-hybridized carbons (Fsp3) is 0.440. The Morgan fingerprint density at radius 3 is 2.48 bits per heavy atom. The minimum absolute atomic E-state index is 0.0412. The number of halogens is 2. The molecule has 2 aliphatic heterocycles. The van der Waals surface area contributed by atoms with Crippen LogP contribution in [-0.2, 0) is 10.2 Å². The van der Waals surface area contributed by atoms with Crippen molar-refractivity contribution in [2.24, 2.45) is 16.1 Å². The predicted octanol–water partition coefficient (Wildman–Crippen LogP) is 5.73. The molecule has 0 bridgehead atoms. The Kier molecular flexibility index (Phi) is 5.70. The van der Waals surface area contributed by atoms with Crippen molar-refractivity contribution in [2.75, 3.05) is 6.54 Å². The standard InChI is InChI=1S/C25H29Cl2N3O/c1-5-30-20(13-24(2,3)4)25(14-29-19-12-17(27)9-10-18(19)25)21(22(30)23(28)31)15-7-6-8-16(26)11-15/h6-12,14,20-22H,5,13H2,1-4H3,(H2,28,31)/t20-,21-,22+,25+/m0/s1. The average molecular weight is 458 g/mol. The highest BCUT2D eigenvalue weighted by Gasteiger charge is 2.63. The normalized spacial score (nSPS) is 27.7. The average Bonchev–Trinajstić information content (AvgIpc) is 3.17. The van der Waals surface area contributed by atoms with E-state index in [2.05, 4.69) is 38.7 Å². The summed E-state index contributed by atoms with van der Waals surface area (Å²) in [6.07, 6.45) is 2.93. The van der Waals surface area contributed by atoms with Crippen molar-refractivity contribution in [2.45, 2.75) is 57.5 Å².